The molecule has 7 heteroatoms. The molecule has 0 N–H and O–H groups in total. The van der Waals surface area contributed by atoms with E-state index in [1.807, 2.05) is 39.9 Å². The van der Waals surface area contributed by atoms with Crippen LogP contribution in [0.4, 0.5) is 0 Å². The fourth-order valence-electron chi connectivity index (χ4n) is 3.26. The van der Waals surface area contributed by atoms with Crippen molar-refractivity contribution in [3.8, 4) is 11.4 Å². The molecule has 140 valence electrons. The zero-order chi connectivity index (χ0) is 18.6. The Labute approximate surface area is 162 Å². The summed E-state index contributed by atoms with van der Waals surface area (Å²) in [6.45, 7) is 5.77. The van der Waals surface area contributed by atoms with Crippen LogP contribution in [0.5, 0.6) is 0 Å². The molecule has 4 rings (SSSR count). The van der Waals surface area contributed by atoms with Gasteiger partial charge in [-0.1, -0.05) is 29.4 Å². The fourth-order valence-corrected chi connectivity index (χ4v) is 3.89. The molecule has 27 heavy (non-hydrogen) atoms. The minimum absolute atomic E-state index is 0.196. The van der Waals surface area contributed by atoms with Gasteiger partial charge in [-0.3, -0.25) is 9.69 Å². The predicted molar refractivity (Wildman–Crippen MR) is 104 cm³/mol. The van der Waals surface area contributed by atoms with Crippen molar-refractivity contribution in [2.24, 2.45) is 0 Å². The second kappa shape index (κ2) is 8.02. The third-order valence-corrected chi connectivity index (χ3v) is 5.62. The highest BCUT2D eigenvalue weighted by atomic mass is 32.1. The first-order valence-electron chi connectivity index (χ1n) is 9.09. The van der Waals surface area contributed by atoms with E-state index >= 15 is 0 Å². The van der Waals surface area contributed by atoms with Gasteiger partial charge in [-0.15, -0.1) is 0 Å². The lowest BCUT2D eigenvalue weighted by molar-refractivity contribution is -0.132. The number of hydrogen-bond acceptors (Lipinski definition) is 6. The number of hydrogen-bond donors (Lipinski definition) is 0. The van der Waals surface area contributed by atoms with E-state index in [0.717, 1.165) is 37.3 Å². The highest BCUT2D eigenvalue weighted by Crippen LogP contribution is 2.19. The van der Waals surface area contributed by atoms with Crippen LogP contribution in [0.15, 0.2) is 45.6 Å². The molecule has 1 saturated heterocycles. The van der Waals surface area contributed by atoms with Crippen LogP contribution in [0.2, 0.25) is 0 Å². The zero-order valence-corrected chi connectivity index (χ0v) is 16.1. The maximum absolute atomic E-state index is 12.6. The number of carbonyl (C=O) groups is 1. The van der Waals surface area contributed by atoms with Crippen LogP contribution in [-0.4, -0.2) is 52.0 Å². The number of rotatable bonds is 5. The lowest BCUT2D eigenvalue weighted by Crippen LogP contribution is -2.48. The van der Waals surface area contributed by atoms with E-state index in [4.69, 9.17) is 4.52 Å². The molecule has 0 spiro atoms. The molecule has 6 nitrogen and oxygen atoms in total. The van der Waals surface area contributed by atoms with Gasteiger partial charge in [0.05, 0.1) is 13.0 Å². The number of benzene rings is 1. The highest BCUT2D eigenvalue weighted by Gasteiger charge is 2.23. The number of nitrogens with zero attached hydrogens (tertiary/aromatic N) is 4. The molecule has 1 fully saturated rings. The summed E-state index contributed by atoms with van der Waals surface area (Å²) in [7, 11) is 0. The normalized spacial score (nSPS) is 15.2. The van der Waals surface area contributed by atoms with E-state index < -0.39 is 0 Å². The average molecular weight is 382 g/mol. The standard InChI is InChI=1S/C20H22N4O2S/c1-15-4-2-3-5-16(15)12-19(25)24-9-7-23(8-10-24)13-18-21-20(22-26-18)17-6-11-27-14-17/h2-6,11,14H,7-10,12-13H2,1H3. The first-order chi connectivity index (χ1) is 13.2. The van der Waals surface area contributed by atoms with E-state index in [1.165, 1.54) is 5.56 Å². The van der Waals surface area contributed by atoms with Gasteiger partial charge in [-0.25, -0.2) is 0 Å². The number of carbonyl (C=O) groups excluding carboxylic acids is 1. The Morgan fingerprint density at radius 2 is 2.00 bits per heavy atom. The van der Waals surface area contributed by atoms with Crippen molar-refractivity contribution in [3.63, 3.8) is 0 Å². The first-order valence-corrected chi connectivity index (χ1v) is 10.0. The van der Waals surface area contributed by atoms with E-state index in [2.05, 4.69) is 28.0 Å². The van der Waals surface area contributed by atoms with Crippen LogP contribution in [-0.2, 0) is 17.8 Å². The molecule has 0 atom stereocenters. The van der Waals surface area contributed by atoms with Crippen molar-refractivity contribution in [2.75, 3.05) is 26.2 Å². The van der Waals surface area contributed by atoms with Crippen molar-refractivity contribution < 1.29 is 9.32 Å². The molecule has 1 aromatic carbocycles. The molecule has 3 aromatic rings. The van der Waals surface area contributed by atoms with Crippen molar-refractivity contribution in [3.05, 3.63) is 58.1 Å². The van der Waals surface area contributed by atoms with E-state index in [0.29, 0.717) is 24.7 Å². The Bertz CT molecular complexity index is 898. The largest absolute Gasteiger partial charge is 0.340 e. The summed E-state index contributed by atoms with van der Waals surface area (Å²) < 4.78 is 5.38. The SMILES string of the molecule is Cc1ccccc1CC(=O)N1CCN(Cc2nc(-c3ccsc3)no2)CC1. The van der Waals surface area contributed by atoms with E-state index in [1.54, 1.807) is 11.3 Å². The second-order valence-corrected chi connectivity index (χ2v) is 7.56. The van der Waals surface area contributed by atoms with Gasteiger partial charge < -0.3 is 9.42 Å². The Morgan fingerprint density at radius 3 is 2.74 bits per heavy atom. The molecule has 0 aliphatic carbocycles. The minimum atomic E-state index is 0.196. The number of aromatic nitrogens is 2. The molecule has 3 heterocycles. The Balaban J connectivity index is 1.29. The number of thiophene rings is 1. The molecule has 1 amide bonds. The molecule has 0 bridgehead atoms. The molecule has 0 radical (unpaired) electrons. The molecule has 0 unspecified atom stereocenters. The van der Waals surface area contributed by atoms with Crippen LogP contribution in [0.1, 0.15) is 17.0 Å². The summed E-state index contributed by atoms with van der Waals surface area (Å²) in [5, 5.41) is 8.06. The second-order valence-electron chi connectivity index (χ2n) is 6.78. The molecule has 1 aliphatic rings. The number of aryl methyl sites for hydroxylation is 1. The molecule has 2 aromatic heterocycles. The fraction of sp³-hybridized carbons (Fsp3) is 0.350. The van der Waals surface area contributed by atoms with Gasteiger partial charge in [0.15, 0.2) is 0 Å². The summed E-state index contributed by atoms with van der Waals surface area (Å²) in [6.07, 6.45) is 0.473. The van der Waals surface area contributed by atoms with E-state index in [9.17, 15) is 4.79 Å². The number of amides is 1. The lowest BCUT2D eigenvalue weighted by Gasteiger charge is -2.34. The molecule has 0 saturated carbocycles. The Hall–Kier alpha value is -2.51. The summed E-state index contributed by atoms with van der Waals surface area (Å²) in [5.41, 5.74) is 3.26. The highest BCUT2D eigenvalue weighted by molar-refractivity contribution is 7.08. The van der Waals surface area contributed by atoms with Gasteiger partial charge >= 0.3 is 0 Å². The van der Waals surface area contributed by atoms with Crippen LogP contribution in [0.25, 0.3) is 11.4 Å². The van der Waals surface area contributed by atoms with Crippen molar-refractivity contribution >= 4 is 17.2 Å². The summed E-state index contributed by atoms with van der Waals surface area (Å²) in [6, 6.07) is 10.1. The smallest absolute Gasteiger partial charge is 0.241 e. The van der Waals surface area contributed by atoms with Crippen LogP contribution >= 0.6 is 11.3 Å². The summed E-state index contributed by atoms with van der Waals surface area (Å²) in [5.74, 6) is 1.45. The van der Waals surface area contributed by atoms with E-state index in [-0.39, 0.29) is 5.91 Å². The third kappa shape index (κ3) is 4.26. The van der Waals surface area contributed by atoms with Crippen LogP contribution in [0, 0.1) is 6.92 Å². The lowest BCUT2D eigenvalue weighted by atomic mass is 10.1. The Morgan fingerprint density at radius 1 is 1.19 bits per heavy atom. The third-order valence-electron chi connectivity index (χ3n) is 4.93. The topological polar surface area (TPSA) is 62.5 Å². The van der Waals surface area contributed by atoms with Gasteiger partial charge in [0.2, 0.25) is 17.6 Å². The van der Waals surface area contributed by atoms with Gasteiger partial charge in [-0.05, 0) is 29.5 Å². The molecule has 1 aliphatic heterocycles. The maximum Gasteiger partial charge on any atom is 0.241 e. The minimum Gasteiger partial charge on any atom is -0.340 e. The molecular weight excluding hydrogens is 360 g/mol. The van der Waals surface area contributed by atoms with Gasteiger partial charge in [0, 0.05) is 37.1 Å². The summed E-state index contributed by atoms with van der Waals surface area (Å²) >= 11 is 1.61. The maximum atomic E-state index is 12.6. The van der Waals surface area contributed by atoms with Gasteiger partial charge in [0.25, 0.3) is 0 Å². The van der Waals surface area contributed by atoms with Crippen molar-refractivity contribution in [2.45, 2.75) is 19.9 Å². The summed E-state index contributed by atoms with van der Waals surface area (Å²) in [4.78, 5) is 21.3. The first kappa shape index (κ1) is 17.9. The quantitative estimate of drug-likeness (QED) is 0.679. The van der Waals surface area contributed by atoms with Gasteiger partial charge in [0.1, 0.15) is 0 Å². The monoisotopic (exact) mass is 382 g/mol. The van der Waals surface area contributed by atoms with Crippen LogP contribution in [0.3, 0.4) is 0 Å². The molecular formula is C20H22N4O2S. The number of piperazine rings is 1. The van der Waals surface area contributed by atoms with Crippen LogP contribution < -0.4 is 0 Å². The van der Waals surface area contributed by atoms with Crippen molar-refractivity contribution in [1.82, 2.24) is 19.9 Å². The Kier molecular flexibility index (Phi) is 5.31. The van der Waals surface area contributed by atoms with Gasteiger partial charge in [-0.2, -0.15) is 16.3 Å². The average Bonchev–Trinajstić information content (AvgIpc) is 3.36. The predicted octanol–water partition coefficient (Wildman–Crippen LogP) is 2.99. The zero-order valence-electron chi connectivity index (χ0n) is 15.3. The van der Waals surface area contributed by atoms with Crippen molar-refractivity contribution in [1.29, 1.82) is 0 Å².